The summed E-state index contributed by atoms with van der Waals surface area (Å²) in [6.45, 7) is 4.00. The van der Waals surface area contributed by atoms with Crippen molar-refractivity contribution in [1.82, 2.24) is 10.3 Å². The monoisotopic (exact) mass is 194 g/mol. The molecule has 0 aliphatic rings. The normalized spacial score (nSPS) is 9.93. The van der Waals surface area contributed by atoms with Crippen molar-refractivity contribution in [2.45, 2.75) is 13.8 Å². The van der Waals surface area contributed by atoms with E-state index in [0.29, 0.717) is 5.69 Å². The minimum atomic E-state index is -0.248. The van der Waals surface area contributed by atoms with E-state index in [1.54, 1.807) is 6.07 Å². The zero-order chi connectivity index (χ0) is 10.6. The Morgan fingerprint density at radius 2 is 2.21 bits per heavy atom. The highest BCUT2D eigenvalue weighted by atomic mass is 16.3. The van der Waals surface area contributed by atoms with Gasteiger partial charge in [0.05, 0.1) is 6.61 Å². The summed E-state index contributed by atoms with van der Waals surface area (Å²) in [4.78, 5) is 15.5. The number of aliphatic hydroxyl groups is 1. The number of aryl methyl sites for hydroxylation is 2. The molecule has 4 heteroatoms. The van der Waals surface area contributed by atoms with Crippen molar-refractivity contribution in [3.05, 3.63) is 29.1 Å². The lowest BCUT2D eigenvalue weighted by atomic mass is 10.2. The molecule has 0 spiro atoms. The predicted molar refractivity (Wildman–Crippen MR) is 53.1 cm³/mol. The van der Waals surface area contributed by atoms with Crippen LogP contribution in [0.3, 0.4) is 0 Å². The molecule has 0 aliphatic carbocycles. The van der Waals surface area contributed by atoms with Gasteiger partial charge in [-0.05, 0) is 25.5 Å². The lowest BCUT2D eigenvalue weighted by molar-refractivity contribution is 0.0939. The number of rotatable bonds is 3. The minimum Gasteiger partial charge on any atom is -0.395 e. The van der Waals surface area contributed by atoms with Gasteiger partial charge in [0.2, 0.25) is 0 Å². The van der Waals surface area contributed by atoms with E-state index in [0.717, 1.165) is 11.3 Å². The molecule has 0 saturated carbocycles. The SMILES string of the molecule is Cc1ccc(C(=O)NCCO)nc1C. The third-order valence-corrected chi connectivity index (χ3v) is 1.98. The van der Waals surface area contributed by atoms with Gasteiger partial charge in [-0.15, -0.1) is 0 Å². The van der Waals surface area contributed by atoms with Gasteiger partial charge < -0.3 is 10.4 Å². The Labute approximate surface area is 83.0 Å². The summed E-state index contributed by atoms with van der Waals surface area (Å²) in [6.07, 6.45) is 0. The Bertz CT molecular complexity index is 337. The summed E-state index contributed by atoms with van der Waals surface area (Å²) in [6, 6.07) is 3.53. The molecule has 0 radical (unpaired) electrons. The molecule has 0 aromatic carbocycles. The third kappa shape index (κ3) is 2.53. The van der Waals surface area contributed by atoms with Gasteiger partial charge in [-0.25, -0.2) is 4.98 Å². The van der Waals surface area contributed by atoms with Gasteiger partial charge in [0.1, 0.15) is 5.69 Å². The molecule has 0 atom stereocenters. The number of pyridine rings is 1. The van der Waals surface area contributed by atoms with Crippen LogP contribution in [0.15, 0.2) is 12.1 Å². The molecule has 0 fully saturated rings. The lowest BCUT2D eigenvalue weighted by Crippen LogP contribution is -2.27. The van der Waals surface area contributed by atoms with Crippen LogP contribution in [0.1, 0.15) is 21.7 Å². The third-order valence-electron chi connectivity index (χ3n) is 1.98. The Kier molecular flexibility index (Phi) is 3.59. The van der Waals surface area contributed by atoms with Gasteiger partial charge in [-0.3, -0.25) is 4.79 Å². The van der Waals surface area contributed by atoms with E-state index in [2.05, 4.69) is 10.3 Å². The van der Waals surface area contributed by atoms with Crippen LogP contribution in [0.25, 0.3) is 0 Å². The van der Waals surface area contributed by atoms with Crippen molar-refractivity contribution >= 4 is 5.91 Å². The molecule has 0 bridgehead atoms. The summed E-state index contributed by atoms with van der Waals surface area (Å²) in [5.74, 6) is -0.248. The highest BCUT2D eigenvalue weighted by Crippen LogP contribution is 2.04. The van der Waals surface area contributed by atoms with E-state index >= 15 is 0 Å². The largest absolute Gasteiger partial charge is 0.395 e. The van der Waals surface area contributed by atoms with E-state index in [-0.39, 0.29) is 19.1 Å². The van der Waals surface area contributed by atoms with E-state index in [9.17, 15) is 4.79 Å². The van der Waals surface area contributed by atoms with Crippen LogP contribution in [0, 0.1) is 13.8 Å². The number of nitrogens with zero attached hydrogens (tertiary/aromatic N) is 1. The van der Waals surface area contributed by atoms with Gasteiger partial charge in [0.15, 0.2) is 0 Å². The number of carbonyl (C=O) groups excluding carboxylic acids is 1. The van der Waals surface area contributed by atoms with Crippen molar-refractivity contribution in [3.63, 3.8) is 0 Å². The molecular weight excluding hydrogens is 180 g/mol. The summed E-state index contributed by atoms with van der Waals surface area (Å²) in [5, 5.41) is 11.1. The minimum absolute atomic E-state index is 0.0589. The van der Waals surface area contributed by atoms with Crippen molar-refractivity contribution in [2.24, 2.45) is 0 Å². The first-order valence-corrected chi connectivity index (χ1v) is 4.48. The van der Waals surface area contributed by atoms with Crippen LogP contribution in [-0.2, 0) is 0 Å². The number of hydrogen-bond acceptors (Lipinski definition) is 3. The molecule has 0 saturated heterocycles. The molecule has 0 unspecified atom stereocenters. The van der Waals surface area contributed by atoms with E-state index < -0.39 is 0 Å². The van der Waals surface area contributed by atoms with Gasteiger partial charge in [-0.2, -0.15) is 0 Å². The summed E-state index contributed by atoms with van der Waals surface area (Å²) in [7, 11) is 0. The van der Waals surface area contributed by atoms with Crippen LogP contribution < -0.4 is 5.32 Å². The fraction of sp³-hybridized carbons (Fsp3) is 0.400. The Morgan fingerprint density at radius 1 is 1.50 bits per heavy atom. The van der Waals surface area contributed by atoms with Crippen LogP contribution in [-0.4, -0.2) is 29.1 Å². The first-order chi connectivity index (χ1) is 6.65. The van der Waals surface area contributed by atoms with Crippen molar-refractivity contribution in [1.29, 1.82) is 0 Å². The summed E-state index contributed by atoms with van der Waals surface area (Å²) in [5.41, 5.74) is 2.30. The average molecular weight is 194 g/mol. The van der Waals surface area contributed by atoms with Gasteiger partial charge in [0.25, 0.3) is 5.91 Å². The van der Waals surface area contributed by atoms with Crippen LogP contribution >= 0.6 is 0 Å². The predicted octanol–water partition coefficient (Wildman–Crippen LogP) is 0.421. The maximum Gasteiger partial charge on any atom is 0.269 e. The van der Waals surface area contributed by atoms with Gasteiger partial charge in [0, 0.05) is 12.2 Å². The highest BCUT2D eigenvalue weighted by molar-refractivity contribution is 5.92. The van der Waals surface area contributed by atoms with E-state index in [1.165, 1.54) is 0 Å². The number of hydrogen-bond donors (Lipinski definition) is 2. The fourth-order valence-electron chi connectivity index (χ4n) is 1.02. The number of carbonyl (C=O) groups is 1. The molecule has 1 heterocycles. The highest BCUT2D eigenvalue weighted by Gasteiger charge is 2.06. The molecule has 0 aliphatic heterocycles. The van der Waals surface area contributed by atoms with Gasteiger partial charge in [-0.1, -0.05) is 6.07 Å². The smallest absolute Gasteiger partial charge is 0.269 e. The summed E-state index contributed by atoms with van der Waals surface area (Å²) >= 11 is 0. The molecule has 1 aromatic heterocycles. The van der Waals surface area contributed by atoms with Crippen LogP contribution in [0.2, 0.25) is 0 Å². The maximum atomic E-state index is 11.4. The van der Waals surface area contributed by atoms with Crippen molar-refractivity contribution in [2.75, 3.05) is 13.2 Å². The van der Waals surface area contributed by atoms with E-state index in [4.69, 9.17) is 5.11 Å². The second kappa shape index (κ2) is 4.72. The average Bonchev–Trinajstić information content (AvgIpc) is 2.18. The topological polar surface area (TPSA) is 62.2 Å². The maximum absolute atomic E-state index is 11.4. The van der Waals surface area contributed by atoms with Crippen molar-refractivity contribution < 1.29 is 9.90 Å². The standard InChI is InChI=1S/C10H14N2O2/c1-7-3-4-9(12-8(7)2)10(14)11-5-6-13/h3-4,13H,5-6H2,1-2H3,(H,11,14). The van der Waals surface area contributed by atoms with Gasteiger partial charge >= 0.3 is 0 Å². The summed E-state index contributed by atoms with van der Waals surface area (Å²) < 4.78 is 0. The second-order valence-corrected chi connectivity index (χ2v) is 3.08. The van der Waals surface area contributed by atoms with Crippen LogP contribution in [0.4, 0.5) is 0 Å². The zero-order valence-corrected chi connectivity index (χ0v) is 8.37. The number of nitrogens with one attached hydrogen (secondary N) is 1. The number of aliphatic hydroxyl groups excluding tert-OH is 1. The van der Waals surface area contributed by atoms with Crippen LogP contribution in [0.5, 0.6) is 0 Å². The first-order valence-electron chi connectivity index (χ1n) is 4.48. The molecule has 2 N–H and O–H groups in total. The Hall–Kier alpha value is -1.42. The first kappa shape index (κ1) is 10.7. The molecule has 4 nitrogen and oxygen atoms in total. The molecule has 1 rings (SSSR count). The number of aromatic nitrogens is 1. The van der Waals surface area contributed by atoms with Crippen molar-refractivity contribution in [3.8, 4) is 0 Å². The lowest BCUT2D eigenvalue weighted by Gasteiger charge is -2.04. The molecule has 14 heavy (non-hydrogen) atoms. The molecule has 76 valence electrons. The van der Waals surface area contributed by atoms with E-state index in [1.807, 2.05) is 19.9 Å². The Morgan fingerprint density at radius 3 is 2.79 bits per heavy atom. The Balaban J connectivity index is 2.76. The zero-order valence-electron chi connectivity index (χ0n) is 8.37. The molecule has 1 amide bonds. The molecule has 1 aromatic rings. The fourth-order valence-corrected chi connectivity index (χ4v) is 1.02. The quantitative estimate of drug-likeness (QED) is 0.733. The molecular formula is C10H14N2O2. The second-order valence-electron chi connectivity index (χ2n) is 3.08. The number of amides is 1.